The number of hydrogen-bond acceptors (Lipinski definition) is 4. The van der Waals surface area contributed by atoms with Crippen molar-refractivity contribution in [3.05, 3.63) is 29.8 Å². The molecule has 0 spiro atoms. The highest BCUT2D eigenvalue weighted by atomic mass is 16.5. The van der Waals surface area contributed by atoms with Crippen molar-refractivity contribution in [1.82, 2.24) is 9.80 Å². The number of amides is 2. The van der Waals surface area contributed by atoms with Crippen LogP contribution < -0.4 is 4.74 Å². The van der Waals surface area contributed by atoms with Gasteiger partial charge in [-0.3, -0.25) is 9.59 Å². The highest BCUT2D eigenvalue weighted by molar-refractivity contribution is 5.77. The van der Waals surface area contributed by atoms with E-state index in [1.807, 2.05) is 34.1 Å². The molecule has 27 heavy (non-hydrogen) atoms. The first-order chi connectivity index (χ1) is 13.0. The van der Waals surface area contributed by atoms with Gasteiger partial charge >= 0.3 is 0 Å². The number of piperidine rings is 1. The molecule has 2 heterocycles. The predicted octanol–water partition coefficient (Wildman–Crippen LogP) is 1.97. The Morgan fingerprint density at radius 3 is 2.48 bits per heavy atom. The molecule has 0 unspecified atom stereocenters. The maximum absolute atomic E-state index is 12.8. The Balaban J connectivity index is 1.58. The van der Waals surface area contributed by atoms with Crippen molar-refractivity contribution in [2.45, 2.75) is 26.2 Å². The van der Waals surface area contributed by atoms with Crippen molar-refractivity contribution < 1.29 is 19.1 Å². The lowest BCUT2D eigenvalue weighted by Gasteiger charge is -2.43. The number of carbonyl (C=O) groups excluding carboxylic acids is 2. The van der Waals surface area contributed by atoms with Crippen molar-refractivity contribution >= 4 is 11.8 Å². The summed E-state index contributed by atoms with van der Waals surface area (Å²) in [5.74, 6) is 1.42. The van der Waals surface area contributed by atoms with Gasteiger partial charge in [0, 0.05) is 58.0 Å². The number of fused-ring (bicyclic) bond motifs is 1. The van der Waals surface area contributed by atoms with Gasteiger partial charge in [-0.1, -0.05) is 12.1 Å². The molecule has 0 saturated carbocycles. The zero-order valence-corrected chi connectivity index (χ0v) is 16.6. The quantitative estimate of drug-likeness (QED) is 0.764. The van der Waals surface area contributed by atoms with Crippen molar-refractivity contribution in [2.24, 2.45) is 11.3 Å². The minimum Gasteiger partial charge on any atom is -0.497 e. The third kappa shape index (κ3) is 4.26. The Morgan fingerprint density at radius 2 is 1.85 bits per heavy atom. The molecule has 0 N–H and O–H groups in total. The Morgan fingerprint density at radius 1 is 1.15 bits per heavy atom. The summed E-state index contributed by atoms with van der Waals surface area (Å²) in [6, 6.07) is 7.87. The molecule has 6 heteroatoms. The van der Waals surface area contributed by atoms with Crippen molar-refractivity contribution in [2.75, 3.05) is 47.0 Å². The highest BCUT2D eigenvalue weighted by Crippen LogP contribution is 2.43. The second kappa shape index (κ2) is 8.30. The number of benzene rings is 1. The smallest absolute Gasteiger partial charge is 0.222 e. The van der Waals surface area contributed by atoms with E-state index in [1.54, 1.807) is 21.1 Å². The summed E-state index contributed by atoms with van der Waals surface area (Å²) in [5.41, 5.74) is 1.13. The molecule has 2 fully saturated rings. The van der Waals surface area contributed by atoms with E-state index in [1.165, 1.54) is 0 Å². The van der Waals surface area contributed by atoms with Crippen molar-refractivity contribution in [1.29, 1.82) is 0 Å². The van der Waals surface area contributed by atoms with Crippen LogP contribution in [0.1, 0.15) is 25.3 Å². The molecule has 2 aliphatic heterocycles. The van der Waals surface area contributed by atoms with Crippen LogP contribution in [0.2, 0.25) is 0 Å². The molecule has 2 aliphatic rings. The molecular weight excluding hydrogens is 344 g/mol. The van der Waals surface area contributed by atoms with Crippen LogP contribution in [-0.2, 0) is 20.7 Å². The fraction of sp³-hybridized carbons (Fsp3) is 0.619. The zero-order valence-electron chi connectivity index (χ0n) is 16.6. The minimum atomic E-state index is -0.00676. The summed E-state index contributed by atoms with van der Waals surface area (Å²) in [6.45, 7) is 5.20. The SMILES string of the molecule is COC[C@@]12CCN(C(=O)CCc3ccc(OC)cc3)C[C@@H]1CN(C(C)=O)C2. The maximum Gasteiger partial charge on any atom is 0.222 e. The molecule has 0 aliphatic carbocycles. The number of likely N-dealkylation sites (tertiary alicyclic amines) is 2. The van der Waals surface area contributed by atoms with E-state index < -0.39 is 0 Å². The largest absolute Gasteiger partial charge is 0.497 e. The summed E-state index contributed by atoms with van der Waals surface area (Å²) < 4.78 is 10.7. The number of hydrogen-bond donors (Lipinski definition) is 0. The molecule has 3 rings (SSSR count). The third-order valence-electron chi connectivity index (χ3n) is 6.15. The highest BCUT2D eigenvalue weighted by Gasteiger charge is 2.50. The Hall–Kier alpha value is -2.08. The Bertz CT molecular complexity index is 675. The van der Waals surface area contributed by atoms with Gasteiger partial charge < -0.3 is 19.3 Å². The van der Waals surface area contributed by atoms with Gasteiger partial charge in [0.15, 0.2) is 0 Å². The van der Waals surface area contributed by atoms with Gasteiger partial charge in [-0.15, -0.1) is 0 Å². The van der Waals surface area contributed by atoms with Crippen molar-refractivity contribution in [3.8, 4) is 5.75 Å². The van der Waals surface area contributed by atoms with E-state index in [0.29, 0.717) is 25.5 Å². The lowest BCUT2D eigenvalue weighted by Crippen LogP contribution is -2.50. The van der Waals surface area contributed by atoms with Crippen LogP contribution in [-0.4, -0.2) is 68.6 Å². The van der Waals surface area contributed by atoms with Gasteiger partial charge in [0.05, 0.1) is 13.7 Å². The molecule has 0 bridgehead atoms. The number of rotatable bonds is 6. The summed E-state index contributed by atoms with van der Waals surface area (Å²) >= 11 is 0. The normalized spacial score (nSPS) is 24.6. The average molecular weight is 374 g/mol. The van der Waals surface area contributed by atoms with E-state index in [9.17, 15) is 9.59 Å². The molecule has 148 valence electrons. The first kappa shape index (κ1) is 19.7. The Labute approximate surface area is 161 Å². The van der Waals surface area contributed by atoms with Gasteiger partial charge in [-0.05, 0) is 30.5 Å². The van der Waals surface area contributed by atoms with Crippen LogP contribution in [0.3, 0.4) is 0 Å². The first-order valence-electron chi connectivity index (χ1n) is 9.62. The van der Waals surface area contributed by atoms with Crippen LogP contribution in [0.4, 0.5) is 0 Å². The Kier molecular flexibility index (Phi) is 6.05. The van der Waals surface area contributed by atoms with Crippen LogP contribution in [0.5, 0.6) is 5.75 Å². The number of methoxy groups -OCH3 is 2. The second-order valence-electron chi connectivity index (χ2n) is 7.83. The molecule has 2 saturated heterocycles. The third-order valence-corrected chi connectivity index (χ3v) is 6.15. The molecule has 0 aromatic heterocycles. The van der Waals surface area contributed by atoms with E-state index in [2.05, 4.69) is 0 Å². The lowest BCUT2D eigenvalue weighted by atomic mass is 9.73. The van der Waals surface area contributed by atoms with E-state index >= 15 is 0 Å². The van der Waals surface area contributed by atoms with Crippen LogP contribution in [0, 0.1) is 11.3 Å². The van der Waals surface area contributed by atoms with Crippen molar-refractivity contribution in [3.63, 3.8) is 0 Å². The summed E-state index contributed by atoms with van der Waals surface area (Å²) in [7, 11) is 3.36. The number of aryl methyl sites for hydroxylation is 1. The van der Waals surface area contributed by atoms with E-state index in [-0.39, 0.29) is 17.2 Å². The number of carbonyl (C=O) groups is 2. The topological polar surface area (TPSA) is 59.1 Å². The van der Waals surface area contributed by atoms with E-state index in [4.69, 9.17) is 9.47 Å². The molecule has 0 radical (unpaired) electrons. The first-order valence-corrected chi connectivity index (χ1v) is 9.62. The van der Waals surface area contributed by atoms with Crippen LogP contribution in [0.15, 0.2) is 24.3 Å². The summed E-state index contributed by atoms with van der Waals surface area (Å²) in [6.07, 6.45) is 2.13. The second-order valence-corrected chi connectivity index (χ2v) is 7.83. The molecule has 2 amide bonds. The molecule has 1 aromatic rings. The molecular formula is C21H30N2O4. The van der Waals surface area contributed by atoms with Gasteiger partial charge in [-0.25, -0.2) is 0 Å². The number of nitrogens with zero attached hydrogens (tertiary/aromatic N) is 2. The predicted molar refractivity (Wildman–Crippen MR) is 103 cm³/mol. The van der Waals surface area contributed by atoms with Gasteiger partial charge in [-0.2, -0.15) is 0 Å². The lowest BCUT2D eigenvalue weighted by molar-refractivity contribution is -0.135. The zero-order chi connectivity index (χ0) is 19.4. The number of ether oxygens (including phenoxy) is 2. The summed E-state index contributed by atoms with van der Waals surface area (Å²) in [5, 5.41) is 0. The van der Waals surface area contributed by atoms with Crippen LogP contribution in [0.25, 0.3) is 0 Å². The summed E-state index contributed by atoms with van der Waals surface area (Å²) in [4.78, 5) is 28.5. The fourth-order valence-electron chi connectivity index (χ4n) is 4.47. The van der Waals surface area contributed by atoms with E-state index in [0.717, 1.165) is 43.8 Å². The maximum atomic E-state index is 12.8. The molecule has 6 nitrogen and oxygen atoms in total. The fourth-order valence-corrected chi connectivity index (χ4v) is 4.47. The standard InChI is InChI=1S/C21H30N2O4/c1-16(24)23-13-18-12-22(11-10-21(18,14-23)15-26-2)20(25)9-6-17-4-7-19(27-3)8-5-17/h4-5,7-8,18H,6,9-15H2,1-3H3/t18-,21+/m1/s1. The molecule has 1 aromatic carbocycles. The minimum absolute atomic E-state index is 0.00676. The monoisotopic (exact) mass is 374 g/mol. The average Bonchev–Trinajstić information content (AvgIpc) is 3.05. The van der Waals surface area contributed by atoms with Crippen LogP contribution >= 0.6 is 0 Å². The van der Waals surface area contributed by atoms with Gasteiger partial charge in [0.1, 0.15) is 5.75 Å². The van der Waals surface area contributed by atoms with Gasteiger partial charge in [0.2, 0.25) is 11.8 Å². The molecule has 2 atom stereocenters. The van der Waals surface area contributed by atoms with Gasteiger partial charge in [0.25, 0.3) is 0 Å².